The van der Waals surface area contributed by atoms with Gasteiger partial charge in [0.25, 0.3) is 0 Å². The first-order valence-corrected chi connectivity index (χ1v) is 7.88. The maximum Gasteiger partial charge on any atom is 0.237 e. The zero-order chi connectivity index (χ0) is 18.8. The number of nitrogens with two attached hydrogens (primary N) is 1. The van der Waals surface area contributed by atoms with Crippen molar-refractivity contribution in [2.24, 2.45) is 5.73 Å². The van der Waals surface area contributed by atoms with Crippen LogP contribution in [-0.4, -0.2) is 28.4 Å². The Bertz CT molecular complexity index is 1070. The van der Waals surface area contributed by atoms with Gasteiger partial charge < -0.3 is 15.0 Å². The molecule has 0 aliphatic rings. The first kappa shape index (κ1) is 17.3. The monoisotopic (exact) mass is 351 g/mol. The van der Waals surface area contributed by atoms with Crippen LogP contribution in [0.25, 0.3) is 11.0 Å². The molecule has 2 aromatic heterocycles. The van der Waals surface area contributed by atoms with Crippen LogP contribution in [-0.2, 0) is 11.3 Å². The van der Waals surface area contributed by atoms with Gasteiger partial charge >= 0.3 is 0 Å². The first-order chi connectivity index (χ1) is 12.4. The number of methoxy groups -OCH3 is 1. The Morgan fingerprint density at radius 3 is 2.46 bits per heavy atom. The second-order valence-corrected chi connectivity index (χ2v) is 5.85. The lowest BCUT2D eigenvalue weighted by atomic mass is 10.0. The molecule has 26 heavy (non-hydrogen) atoms. The van der Waals surface area contributed by atoms with Gasteiger partial charge in [0.15, 0.2) is 5.78 Å². The van der Waals surface area contributed by atoms with E-state index in [2.05, 4.69) is 4.98 Å². The summed E-state index contributed by atoms with van der Waals surface area (Å²) in [6.07, 6.45) is 1.34. The number of carbonyl (C=O) groups excluding carboxylic acids is 2. The third-order valence-electron chi connectivity index (χ3n) is 3.98. The normalized spacial score (nSPS) is 10.7. The quantitative estimate of drug-likeness (QED) is 0.700. The topological polar surface area (TPSA) is 104 Å². The smallest absolute Gasteiger partial charge is 0.237 e. The Hall–Kier alpha value is -3.48. The Morgan fingerprint density at radius 1 is 1.15 bits per heavy atom. The van der Waals surface area contributed by atoms with Crippen molar-refractivity contribution in [2.45, 2.75) is 13.5 Å². The van der Waals surface area contributed by atoms with Gasteiger partial charge in [0, 0.05) is 17.5 Å². The number of benzene rings is 1. The molecule has 7 heteroatoms. The summed E-state index contributed by atoms with van der Waals surface area (Å²) in [6, 6.07) is 9.72. The third kappa shape index (κ3) is 3.19. The van der Waals surface area contributed by atoms with Crippen LogP contribution in [0.1, 0.15) is 21.6 Å². The molecule has 3 rings (SSSR count). The molecule has 0 spiro atoms. The van der Waals surface area contributed by atoms with Crippen molar-refractivity contribution in [3.8, 4) is 5.75 Å². The lowest BCUT2D eigenvalue weighted by Gasteiger charge is -2.11. The van der Waals surface area contributed by atoms with Crippen molar-refractivity contribution in [1.82, 2.24) is 9.55 Å². The van der Waals surface area contributed by atoms with E-state index in [-0.39, 0.29) is 17.5 Å². The van der Waals surface area contributed by atoms with Crippen molar-refractivity contribution >= 4 is 22.7 Å². The average Bonchev–Trinajstić information content (AvgIpc) is 2.63. The van der Waals surface area contributed by atoms with Crippen LogP contribution < -0.4 is 15.9 Å². The molecule has 0 bridgehead atoms. The number of hydrogen-bond donors (Lipinski definition) is 1. The zero-order valence-electron chi connectivity index (χ0n) is 14.4. The van der Waals surface area contributed by atoms with E-state index in [4.69, 9.17) is 10.5 Å². The lowest BCUT2D eigenvalue weighted by Crippen LogP contribution is -2.25. The molecule has 0 saturated heterocycles. The van der Waals surface area contributed by atoms with E-state index in [0.29, 0.717) is 22.7 Å². The highest BCUT2D eigenvalue weighted by Crippen LogP contribution is 2.16. The van der Waals surface area contributed by atoms with Crippen molar-refractivity contribution < 1.29 is 14.3 Å². The molecule has 0 radical (unpaired) electrons. The maximum absolute atomic E-state index is 12.8. The number of fused-ring (bicyclic) bond motifs is 1. The van der Waals surface area contributed by atoms with Gasteiger partial charge in [0.1, 0.15) is 17.9 Å². The molecule has 0 aliphatic heterocycles. The fourth-order valence-electron chi connectivity index (χ4n) is 2.71. The Kier molecular flexibility index (Phi) is 4.53. The SMILES string of the molecule is COc1ccc(C(=O)c2cn(CC(N)=O)c3nc(C)ccc3c2=O)cc1. The third-order valence-corrected chi connectivity index (χ3v) is 3.98. The van der Waals surface area contributed by atoms with E-state index in [1.54, 1.807) is 43.3 Å². The molecule has 1 aromatic carbocycles. The lowest BCUT2D eigenvalue weighted by molar-refractivity contribution is -0.118. The number of ether oxygens (including phenoxy) is 1. The minimum Gasteiger partial charge on any atom is -0.497 e. The minimum absolute atomic E-state index is 0.0467. The number of amides is 1. The first-order valence-electron chi connectivity index (χ1n) is 7.88. The molecule has 0 fully saturated rings. The summed E-state index contributed by atoms with van der Waals surface area (Å²) in [6.45, 7) is 1.59. The Morgan fingerprint density at radius 2 is 1.85 bits per heavy atom. The highest BCUT2D eigenvalue weighted by atomic mass is 16.5. The molecule has 2 N–H and O–H groups in total. The molecule has 1 amide bonds. The van der Waals surface area contributed by atoms with Crippen LogP contribution in [0.3, 0.4) is 0 Å². The van der Waals surface area contributed by atoms with Crippen LogP contribution in [0.5, 0.6) is 5.75 Å². The van der Waals surface area contributed by atoms with E-state index in [1.165, 1.54) is 17.9 Å². The van der Waals surface area contributed by atoms with E-state index in [0.717, 1.165) is 0 Å². The number of primary amides is 1. The summed E-state index contributed by atoms with van der Waals surface area (Å²) in [5.41, 5.74) is 6.16. The van der Waals surface area contributed by atoms with Gasteiger partial charge in [-0.3, -0.25) is 14.4 Å². The van der Waals surface area contributed by atoms with Gasteiger partial charge in [-0.1, -0.05) is 0 Å². The van der Waals surface area contributed by atoms with Gasteiger partial charge in [-0.25, -0.2) is 4.98 Å². The van der Waals surface area contributed by atoms with Crippen molar-refractivity contribution in [3.63, 3.8) is 0 Å². The number of nitrogens with zero attached hydrogens (tertiary/aromatic N) is 2. The summed E-state index contributed by atoms with van der Waals surface area (Å²) >= 11 is 0. The molecule has 0 atom stereocenters. The van der Waals surface area contributed by atoms with E-state index in [1.807, 2.05) is 0 Å². The number of aryl methyl sites for hydroxylation is 1. The van der Waals surface area contributed by atoms with Crippen LogP contribution in [0, 0.1) is 6.92 Å². The summed E-state index contributed by atoms with van der Waals surface area (Å²) in [7, 11) is 1.53. The Balaban J connectivity index is 2.20. The number of pyridine rings is 2. The molecule has 0 saturated carbocycles. The van der Waals surface area contributed by atoms with E-state index < -0.39 is 17.1 Å². The summed E-state index contributed by atoms with van der Waals surface area (Å²) in [5, 5.41) is 0.260. The van der Waals surface area contributed by atoms with Crippen molar-refractivity contribution in [2.75, 3.05) is 7.11 Å². The van der Waals surface area contributed by atoms with Gasteiger partial charge in [0.05, 0.1) is 18.1 Å². The van der Waals surface area contributed by atoms with Gasteiger partial charge in [-0.15, -0.1) is 0 Å². The fourth-order valence-corrected chi connectivity index (χ4v) is 2.71. The summed E-state index contributed by atoms with van der Waals surface area (Å²) in [5.74, 6) is -0.440. The maximum atomic E-state index is 12.8. The largest absolute Gasteiger partial charge is 0.497 e. The summed E-state index contributed by atoms with van der Waals surface area (Å²) < 4.78 is 6.51. The van der Waals surface area contributed by atoms with Crippen molar-refractivity contribution in [1.29, 1.82) is 0 Å². The predicted octanol–water partition coefficient (Wildman–Crippen LogP) is 1.43. The molecular weight excluding hydrogens is 334 g/mol. The molecular formula is C19H17N3O4. The number of ketones is 1. The zero-order valence-corrected chi connectivity index (χ0v) is 14.4. The Labute approximate surface area is 149 Å². The second kappa shape index (κ2) is 6.79. The molecule has 0 unspecified atom stereocenters. The molecule has 2 heterocycles. The van der Waals surface area contributed by atoms with Crippen LogP contribution in [0.2, 0.25) is 0 Å². The molecule has 7 nitrogen and oxygen atoms in total. The highest BCUT2D eigenvalue weighted by molar-refractivity contribution is 6.10. The highest BCUT2D eigenvalue weighted by Gasteiger charge is 2.18. The molecule has 3 aromatic rings. The number of carbonyl (C=O) groups is 2. The second-order valence-electron chi connectivity index (χ2n) is 5.85. The van der Waals surface area contributed by atoms with Gasteiger partial charge in [-0.2, -0.15) is 0 Å². The van der Waals surface area contributed by atoms with Gasteiger partial charge in [-0.05, 0) is 43.3 Å². The molecule has 132 valence electrons. The van der Waals surface area contributed by atoms with Crippen LogP contribution in [0.15, 0.2) is 47.4 Å². The number of hydrogen-bond acceptors (Lipinski definition) is 5. The van der Waals surface area contributed by atoms with Crippen molar-refractivity contribution in [3.05, 3.63) is 69.6 Å². The standard InChI is InChI=1S/C19H17N3O4/c1-11-3-8-14-18(25)15(9-22(10-16(20)23)19(14)21-11)17(24)12-4-6-13(26-2)7-5-12/h3-9H,10H2,1-2H3,(H2,20,23). The van der Waals surface area contributed by atoms with E-state index in [9.17, 15) is 14.4 Å². The van der Waals surface area contributed by atoms with Gasteiger partial charge in [0.2, 0.25) is 11.3 Å². The van der Waals surface area contributed by atoms with Crippen LogP contribution in [0.4, 0.5) is 0 Å². The van der Waals surface area contributed by atoms with E-state index >= 15 is 0 Å². The fraction of sp³-hybridized carbons (Fsp3) is 0.158. The molecule has 0 aliphatic carbocycles. The number of rotatable bonds is 5. The summed E-state index contributed by atoms with van der Waals surface area (Å²) in [4.78, 5) is 41.3. The minimum atomic E-state index is -0.596. The van der Waals surface area contributed by atoms with Crippen LogP contribution >= 0.6 is 0 Å². The average molecular weight is 351 g/mol. The predicted molar refractivity (Wildman–Crippen MR) is 96.4 cm³/mol. The number of aromatic nitrogens is 2.